The number of carbonyl (C=O) groups excluding carboxylic acids is 3. The van der Waals surface area contributed by atoms with E-state index in [1.165, 1.54) is 0 Å². The average molecular weight is 854 g/mol. The number of benzene rings is 3. The molecule has 0 saturated heterocycles. The summed E-state index contributed by atoms with van der Waals surface area (Å²) in [6.45, 7) is 5.78. The number of amides is 5. The third-order valence-electron chi connectivity index (χ3n) is 8.80. The molecule has 0 bridgehead atoms. The maximum Gasteiger partial charge on any atom is 0.324 e. The Kier molecular flexibility index (Phi) is 15.1. The zero-order chi connectivity index (χ0) is 44.6. The average Bonchev–Trinajstić information content (AvgIpc) is 3.96. The normalized spacial score (nSPS) is 11.3. The molecule has 7 rings (SSSR count). The summed E-state index contributed by atoms with van der Waals surface area (Å²) in [5.41, 5.74) is 3.57. The van der Waals surface area contributed by atoms with Gasteiger partial charge in [-0.25, -0.2) is 14.3 Å². The van der Waals surface area contributed by atoms with E-state index < -0.39 is 18.7 Å². The molecule has 4 aromatic heterocycles. The summed E-state index contributed by atoms with van der Waals surface area (Å²) >= 11 is 0. The number of aromatic nitrogens is 6. The molecule has 0 aliphatic heterocycles. The maximum atomic E-state index is 12.6. The number of urea groups is 2. The van der Waals surface area contributed by atoms with Gasteiger partial charge in [-0.3, -0.25) is 30.5 Å². The van der Waals surface area contributed by atoms with Gasteiger partial charge in [-0.15, -0.1) is 0 Å². The third kappa shape index (κ3) is 14.0. The van der Waals surface area contributed by atoms with Gasteiger partial charge in [-0.05, 0) is 90.5 Å². The molecule has 63 heavy (non-hydrogen) atoms. The molecule has 1 atom stereocenters. The van der Waals surface area contributed by atoms with Crippen molar-refractivity contribution in [3.05, 3.63) is 151 Å². The highest BCUT2D eigenvalue weighted by molar-refractivity contribution is 6.00. The van der Waals surface area contributed by atoms with Crippen LogP contribution in [0.4, 0.5) is 32.6 Å². The van der Waals surface area contributed by atoms with Crippen molar-refractivity contribution >= 4 is 41.0 Å². The van der Waals surface area contributed by atoms with E-state index in [4.69, 9.17) is 14.6 Å². The van der Waals surface area contributed by atoms with Crippen molar-refractivity contribution in [2.45, 2.75) is 38.7 Å². The summed E-state index contributed by atoms with van der Waals surface area (Å²) in [6, 6.07) is 30.9. The Balaban J connectivity index is 0.000000223. The molecule has 0 fully saturated rings. The number of nitrogens with one attached hydrogen (secondary N) is 6. The highest BCUT2D eigenvalue weighted by Gasteiger charge is 2.18. The Hall–Kier alpha value is -8.09. The first-order valence-electron chi connectivity index (χ1n) is 19.7. The first-order chi connectivity index (χ1) is 30.4. The second-order valence-corrected chi connectivity index (χ2v) is 14.8. The Morgan fingerprint density at radius 3 is 1.71 bits per heavy atom. The van der Waals surface area contributed by atoms with Crippen LogP contribution in [0.2, 0.25) is 0 Å². The molecule has 5 amide bonds. The second-order valence-electron chi connectivity index (χ2n) is 14.8. The molecule has 0 spiro atoms. The zero-order valence-electron chi connectivity index (χ0n) is 34.6. The molecule has 4 heterocycles. The number of ether oxygens (including phenoxy) is 2. The van der Waals surface area contributed by atoms with E-state index in [-0.39, 0.29) is 30.3 Å². The summed E-state index contributed by atoms with van der Waals surface area (Å²) in [7, 11) is 0. The lowest BCUT2D eigenvalue weighted by atomic mass is 9.92. The molecule has 1 unspecified atom stereocenters. The van der Waals surface area contributed by atoms with E-state index in [0.29, 0.717) is 51.7 Å². The molecule has 324 valence electrons. The van der Waals surface area contributed by atoms with Crippen molar-refractivity contribution in [2.75, 3.05) is 34.4 Å². The summed E-state index contributed by atoms with van der Waals surface area (Å²) in [5.74, 6) is 3.32. The Labute approximate surface area is 362 Å². The van der Waals surface area contributed by atoms with Gasteiger partial charge in [0, 0.05) is 65.9 Å². The van der Waals surface area contributed by atoms with Crippen molar-refractivity contribution in [3.63, 3.8) is 0 Å². The van der Waals surface area contributed by atoms with Gasteiger partial charge in [-0.1, -0.05) is 32.9 Å². The fraction of sp³-hybridized carbons (Fsp3) is 0.178. The van der Waals surface area contributed by atoms with Crippen molar-refractivity contribution < 1.29 is 34.1 Å². The van der Waals surface area contributed by atoms with Crippen LogP contribution in [0.3, 0.4) is 0 Å². The number of aromatic amines is 1. The van der Waals surface area contributed by atoms with Crippen LogP contribution in [0.25, 0.3) is 5.69 Å². The number of hydrogen-bond acceptors (Lipinski definition) is 11. The number of nitrogens with zero attached hydrogens (tertiary/aromatic N) is 5. The lowest BCUT2D eigenvalue weighted by molar-refractivity contribution is -0.121. The van der Waals surface area contributed by atoms with Gasteiger partial charge < -0.3 is 35.6 Å². The molecule has 18 heteroatoms. The molecular formula is C45H47N11O7. The standard InChI is InChI=1S/C26H26N6O5.C19H21N5O2/c33-17-21(34)16-28-25(35)15-18-1-5-20(6-2-18)32-24(11-14-29-32)31-26(36)30-19-3-7-22(8-4-19)37-23-9-12-27-13-10-23;1-19(2,3)16-12-17(24-23-16)22-18(25)21-13-4-6-14(7-5-13)26-15-8-10-20-11-9-15/h1-14,21,33-34H,15-17H2,(H,28,35)(H2,30,31,36);4-12H,1-3H3,(H3,21,22,23,24,25). The lowest BCUT2D eigenvalue weighted by Crippen LogP contribution is -2.34. The van der Waals surface area contributed by atoms with E-state index >= 15 is 0 Å². The molecule has 7 aromatic rings. The van der Waals surface area contributed by atoms with E-state index in [1.807, 2.05) is 6.07 Å². The van der Waals surface area contributed by atoms with Crippen LogP contribution in [0.15, 0.2) is 140 Å². The monoisotopic (exact) mass is 853 g/mol. The van der Waals surface area contributed by atoms with E-state index in [1.54, 1.807) is 139 Å². The number of anilines is 4. The number of H-pyrrole nitrogens is 1. The van der Waals surface area contributed by atoms with Crippen molar-refractivity contribution in [1.82, 2.24) is 35.3 Å². The van der Waals surface area contributed by atoms with Crippen LogP contribution in [-0.2, 0) is 16.6 Å². The molecule has 0 aliphatic carbocycles. The van der Waals surface area contributed by atoms with Gasteiger partial charge in [0.05, 0.1) is 31.0 Å². The summed E-state index contributed by atoms with van der Waals surface area (Å²) < 4.78 is 13.0. The number of hydrogen-bond donors (Lipinski definition) is 8. The Bertz CT molecular complexity index is 2530. The number of pyridine rings is 2. The predicted molar refractivity (Wildman–Crippen MR) is 237 cm³/mol. The molecular weight excluding hydrogens is 807 g/mol. The Morgan fingerprint density at radius 1 is 0.683 bits per heavy atom. The minimum atomic E-state index is -0.986. The number of rotatable bonds is 14. The van der Waals surface area contributed by atoms with Crippen LogP contribution in [0.1, 0.15) is 32.0 Å². The van der Waals surface area contributed by atoms with E-state index in [9.17, 15) is 19.5 Å². The summed E-state index contributed by atoms with van der Waals surface area (Å²) in [6.07, 6.45) is 7.31. The minimum absolute atomic E-state index is 0.0126. The molecule has 3 aromatic carbocycles. The zero-order valence-corrected chi connectivity index (χ0v) is 34.6. The van der Waals surface area contributed by atoms with E-state index in [0.717, 1.165) is 11.3 Å². The van der Waals surface area contributed by atoms with Crippen LogP contribution >= 0.6 is 0 Å². The third-order valence-corrected chi connectivity index (χ3v) is 8.80. The second kappa shape index (κ2) is 21.4. The number of aliphatic hydroxyl groups is 2. The number of carbonyl (C=O) groups is 3. The van der Waals surface area contributed by atoms with Crippen LogP contribution in [-0.4, -0.2) is 77.4 Å². The topological polar surface area (TPSA) is 243 Å². The van der Waals surface area contributed by atoms with Gasteiger partial charge in [0.1, 0.15) is 28.8 Å². The van der Waals surface area contributed by atoms with Gasteiger partial charge >= 0.3 is 12.1 Å². The molecule has 8 N–H and O–H groups in total. The molecule has 0 aliphatic rings. The number of aliphatic hydroxyl groups excluding tert-OH is 2. The minimum Gasteiger partial charge on any atom is -0.457 e. The van der Waals surface area contributed by atoms with Crippen LogP contribution in [0, 0.1) is 0 Å². The van der Waals surface area contributed by atoms with Gasteiger partial charge in [0.25, 0.3) is 0 Å². The van der Waals surface area contributed by atoms with Gasteiger partial charge in [-0.2, -0.15) is 10.2 Å². The quantitative estimate of drug-likeness (QED) is 0.0542. The first-order valence-corrected chi connectivity index (χ1v) is 19.7. The fourth-order valence-electron chi connectivity index (χ4n) is 5.53. The SMILES string of the molecule is CC(C)(C)c1cc(NC(=O)Nc2ccc(Oc3ccncc3)cc2)n[nH]1.O=C(Cc1ccc(-n2nccc2NC(=O)Nc2ccc(Oc3ccncc3)cc2)cc1)NCC(O)CO. The summed E-state index contributed by atoms with van der Waals surface area (Å²) in [5, 5.41) is 43.0. The van der Waals surface area contributed by atoms with Gasteiger partial charge in [0.15, 0.2) is 5.82 Å². The molecule has 0 saturated carbocycles. The van der Waals surface area contributed by atoms with Crippen LogP contribution < -0.4 is 36.1 Å². The first kappa shape index (κ1) is 44.5. The van der Waals surface area contributed by atoms with Gasteiger partial charge in [0.2, 0.25) is 5.91 Å². The molecule has 18 nitrogen and oxygen atoms in total. The molecule has 0 radical (unpaired) electrons. The lowest BCUT2D eigenvalue weighted by Gasteiger charge is -2.14. The van der Waals surface area contributed by atoms with Crippen molar-refractivity contribution in [3.8, 4) is 28.7 Å². The maximum absolute atomic E-state index is 12.6. The largest absolute Gasteiger partial charge is 0.457 e. The predicted octanol–water partition coefficient (Wildman–Crippen LogP) is 7.25. The highest BCUT2D eigenvalue weighted by Crippen LogP contribution is 2.25. The Morgan fingerprint density at radius 2 is 1.21 bits per heavy atom. The summed E-state index contributed by atoms with van der Waals surface area (Å²) in [4.78, 5) is 44.5. The van der Waals surface area contributed by atoms with Crippen LogP contribution in [0.5, 0.6) is 23.0 Å². The van der Waals surface area contributed by atoms with Crippen molar-refractivity contribution in [2.24, 2.45) is 0 Å². The highest BCUT2D eigenvalue weighted by atomic mass is 16.5. The fourth-order valence-corrected chi connectivity index (χ4v) is 5.53. The van der Waals surface area contributed by atoms with E-state index in [2.05, 4.69) is 72.6 Å². The smallest absolute Gasteiger partial charge is 0.324 e. The van der Waals surface area contributed by atoms with Crippen molar-refractivity contribution in [1.29, 1.82) is 0 Å².